The summed E-state index contributed by atoms with van der Waals surface area (Å²) >= 11 is 0. The molecule has 0 spiro atoms. The van der Waals surface area contributed by atoms with Gasteiger partial charge in [-0.2, -0.15) is 0 Å². The fourth-order valence-electron chi connectivity index (χ4n) is 2.17. The fourth-order valence-corrected chi connectivity index (χ4v) is 2.17. The lowest BCUT2D eigenvalue weighted by Gasteiger charge is -2.32. The zero-order valence-electron chi connectivity index (χ0n) is 9.46. The van der Waals surface area contributed by atoms with E-state index in [9.17, 15) is 4.79 Å². The van der Waals surface area contributed by atoms with Crippen LogP contribution in [0.4, 0.5) is 0 Å². The normalized spacial score (nSPS) is 28.5. The Bertz CT molecular complexity index is 228. The van der Waals surface area contributed by atoms with Crippen molar-refractivity contribution in [3.8, 4) is 0 Å². The Morgan fingerprint density at radius 3 is 2.93 bits per heavy atom. The Morgan fingerprint density at radius 1 is 1.53 bits per heavy atom. The summed E-state index contributed by atoms with van der Waals surface area (Å²) in [4.78, 5) is 13.9. The molecule has 1 saturated carbocycles. The van der Waals surface area contributed by atoms with Gasteiger partial charge in [-0.05, 0) is 19.9 Å². The molecule has 2 fully saturated rings. The molecule has 0 aromatic rings. The van der Waals surface area contributed by atoms with Crippen LogP contribution in [-0.4, -0.2) is 50.1 Å². The van der Waals surface area contributed by atoms with Crippen molar-refractivity contribution < 1.29 is 4.79 Å². The summed E-state index contributed by atoms with van der Waals surface area (Å²) in [6.07, 6.45) is 3.40. The molecule has 1 saturated heterocycles. The second-order valence-corrected chi connectivity index (χ2v) is 4.79. The number of carbonyl (C=O) groups excluding carboxylic acids is 1. The van der Waals surface area contributed by atoms with E-state index in [0.29, 0.717) is 12.0 Å². The lowest BCUT2D eigenvalue weighted by molar-refractivity contribution is -0.127. The van der Waals surface area contributed by atoms with Crippen LogP contribution in [0.1, 0.15) is 19.3 Å². The second-order valence-electron chi connectivity index (χ2n) is 4.79. The number of hydrogen-bond acceptors (Lipinski definition) is 3. The van der Waals surface area contributed by atoms with E-state index in [1.54, 1.807) is 0 Å². The molecule has 0 bridgehead atoms. The average molecular weight is 211 g/mol. The number of hydrogen-bond donors (Lipinski definition) is 2. The maximum atomic E-state index is 11.6. The van der Waals surface area contributed by atoms with Gasteiger partial charge in [-0.15, -0.1) is 0 Å². The molecule has 1 aliphatic heterocycles. The van der Waals surface area contributed by atoms with Crippen molar-refractivity contribution in [1.82, 2.24) is 15.5 Å². The van der Waals surface area contributed by atoms with Crippen LogP contribution in [0.2, 0.25) is 0 Å². The molecule has 1 aliphatic carbocycles. The third-order valence-electron chi connectivity index (χ3n) is 3.46. The van der Waals surface area contributed by atoms with Crippen molar-refractivity contribution in [2.75, 3.05) is 33.2 Å². The molecule has 4 heteroatoms. The van der Waals surface area contributed by atoms with Gasteiger partial charge in [-0.1, -0.05) is 6.42 Å². The van der Waals surface area contributed by atoms with E-state index in [-0.39, 0.29) is 5.91 Å². The summed E-state index contributed by atoms with van der Waals surface area (Å²) in [6.45, 7) is 3.94. The predicted octanol–water partition coefficient (Wildman–Crippen LogP) is -0.194. The quantitative estimate of drug-likeness (QED) is 0.680. The summed E-state index contributed by atoms with van der Waals surface area (Å²) in [6, 6.07) is 0.424. The predicted molar refractivity (Wildman–Crippen MR) is 59.6 cm³/mol. The van der Waals surface area contributed by atoms with E-state index in [1.165, 1.54) is 6.42 Å². The highest BCUT2D eigenvalue weighted by Crippen LogP contribution is 2.26. The molecule has 2 rings (SSSR count). The van der Waals surface area contributed by atoms with E-state index in [4.69, 9.17) is 0 Å². The van der Waals surface area contributed by atoms with Gasteiger partial charge in [0.2, 0.25) is 5.91 Å². The summed E-state index contributed by atoms with van der Waals surface area (Å²) < 4.78 is 0. The number of nitrogens with zero attached hydrogens (tertiary/aromatic N) is 1. The summed E-state index contributed by atoms with van der Waals surface area (Å²) in [5.74, 6) is 0.572. The monoisotopic (exact) mass is 211 g/mol. The second kappa shape index (κ2) is 4.94. The molecule has 1 amide bonds. The first-order valence-electron chi connectivity index (χ1n) is 5.95. The van der Waals surface area contributed by atoms with E-state index in [0.717, 1.165) is 39.0 Å². The maximum absolute atomic E-state index is 11.6. The fraction of sp³-hybridized carbons (Fsp3) is 0.909. The van der Waals surface area contributed by atoms with Gasteiger partial charge < -0.3 is 15.5 Å². The van der Waals surface area contributed by atoms with Crippen molar-refractivity contribution in [2.45, 2.75) is 25.3 Å². The van der Waals surface area contributed by atoms with Gasteiger partial charge in [0.05, 0.1) is 0 Å². The number of likely N-dealkylation sites (N-methyl/N-ethyl adjacent to an activating group) is 1. The topological polar surface area (TPSA) is 44.4 Å². The lowest BCUT2D eigenvalue weighted by atomic mass is 9.85. The minimum atomic E-state index is 0.260. The Morgan fingerprint density at radius 2 is 2.33 bits per heavy atom. The summed E-state index contributed by atoms with van der Waals surface area (Å²) in [5, 5.41) is 6.47. The lowest BCUT2D eigenvalue weighted by Crippen LogP contribution is -2.54. The molecule has 4 nitrogen and oxygen atoms in total. The molecular weight excluding hydrogens is 190 g/mol. The number of nitrogens with one attached hydrogen (secondary N) is 2. The van der Waals surface area contributed by atoms with Crippen LogP contribution >= 0.6 is 0 Å². The smallest absolute Gasteiger partial charge is 0.223 e. The molecular formula is C11H21N3O. The van der Waals surface area contributed by atoms with Gasteiger partial charge in [-0.25, -0.2) is 0 Å². The Labute approximate surface area is 91.4 Å². The van der Waals surface area contributed by atoms with Crippen molar-refractivity contribution in [3.63, 3.8) is 0 Å². The number of carbonyl (C=O) groups is 1. The molecule has 15 heavy (non-hydrogen) atoms. The van der Waals surface area contributed by atoms with Crippen molar-refractivity contribution >= 4 is 5.91 Å². The SMILES string of the molecule is CN1CCNC(CNC(=O)C2CCC2)C1. The first-order valence-corrected chi connectivity index (χ1v) is 5.95. The largest absolute Gasteiger partial charge is 0.354 e. The standard InChI is InChI=1S/C11H21N3O/c1-14-6-5-12-10(8-14)7-13-11(15)9-3-2-4-9/h9-10,12H,2-8H2,1H3,(H,13,15). The van der Waals surface area contributed by atoms with Gasteiger partial charge in [0.1, 0.15) is 0 Å². The van der Waals surface area contributed by atoms with Gasteiger partial charge in [-0.3, -0.25) is 4.79 Å². The molecule has 2 aliphatic rings. The first kappa shape index (κ1) is 10.9. The highest BCUT2D eigenvalue weighted by molar-refractivity contribution is 5.79. The van der Waals surface area contributed by atoms with Gasteiger partial charge in [0.25, 0.3) is 0 Å². The third kappa shape index (κ3) is 2.92. The van der Waals surface area contributed by atoms with Gasteiger partial charge >= 0.3 is 0 Å². The molecule has 0 aromatic carbocycles. The molecule has 1 heterocycles. The summed E-state index contributed by atoms with van der Waals surface area (Å²) in [5.41, 5.74) is 0. The van der Waals surface area contributed by atoms with Gasteiger partial charge in [0.15, 0.2) is 0 Å². The van der Waals surface area contributed by atoms with Crippen LogP contribution in [0.5, 0.6) is 0 Å². The van der Waals surface area contributed by atoms with Crippen LogP contribution in [0.15, 0.2) is 0 Å². The summed E-state index contributed by atoms with van der Waals surface area (Å²) in [7, 11) is 2.13. The molecule has 0 radical (unpaired) electrons. The highest BCUT2D eigenvalue weighted by Gasteiger charge is 2.25. The van der Waals surface area contributed by atoms with Crippen LogP contribution in [0.25, 0.3) is 0 Å². The number of piperazine rings is 1. The van der Waals surface area contributed by atoms with Crippen molar-refractivity contribution in [3.05, 3.63) is 0 Å². The average Bonchev–Trinajstić information content (AvgIpc) is 2.12. The molecule has 86 valence electrons. The zero-order chi connectivity index (χ0) is 10.7. The number of amides is 1. The van der Waals surface area contributed by atoms with Crippen molar-refractivity contribution in [1.29, 1.82) is 0 Å². The minimum absolute atomic E-state index is 0.260. The van der Waals surface area contributed by atoms with E-state index in [1.807, 2.05) is 0 Å². The van der Waals surface area contributed by atoms with Crippen LogP contribution in [0.3, 0.4) is 0 Å². The van der Waals surface area contributed by atoms with E-state index < -0.39 is 0 Å². The zero-order valence-corrected chi connectivity index (χ0v) is 9.46. The van der Waals surface area contributed by atoms with Crippen LogP contribution in [0, 0.1) is 5.92 Å². The number of rotatable bonds is 3. The molecule has 0 aromatic heterocycles. The van der Waals surface area contributed by atoms with Gasteiger partial charge in [0, 0.05) is 38.1 Å². The third-order valence-corrected chi connectivity index (χ3v) is 3.46. The first-order chi connectivity index (χ1) is 7.25. The Kier molecular flexibility index (Phi) is 3.59. The minimum Gasteiger partial charge on any atom is -0.354 e. The molecule has 1 atom stereocenters. The van der Waals surface area contributed by atoms with Crippen molar-refractivity contribution in [2.24, 2.45) is 5.92 Å². The van der Waals surface area contributed by atoms with E-state index in [2.05, 4.69) is 22.6 Å². The van der Waals surface area contributed by atoms with E-state index >= 15 is 0 Å². The molecule has 2 N–H and O–H groups in total. The van der Waals surface area contributed by atoms with Crippen LogP contribution in [-0.2, 0) is 4.79 Å². The Balaban J connectivity index is 1.65. The molecule has 1 unspecified atom stereocenters. The van der Waals surface area contributed by atoms with Crippen LogP contribution < -0.4 is 10.6 Å². The Hall–Kier alpha value is -0.610. The highest BCUT2D eigenvalue weighted by atomic mass is 16.1. The maximum Gasteiger partial charge on any atom is 0.223 e.